The van der Waals surface area contributed by atoms with Crippen molar-refractivity contribution in [2.45, 2.75) is 29.1 Å². The largest absolute Gasteiger partial charge is 0.272 e. The first-order valence-corrected chi connectivity index (χ1v) is 10.7. The smallest absolute Gasteiger partial charge is 0.268 e. The van der Waals surface area contributed by atoms with Crippen LogP contribution in [-0.4, -0.2) is 15.3 Å². The van der Waals surface area contributed by atoms with Gasteiger partial charge in [0.05, 0.1) is 16.3 Å². The number of nitrogens with zero attached hydrogens (tertiary/aromatic N) is 2. The van der Waals surface area contributed by atoms with E-state index >= 15 is 0 Å². The summed E-state index contributed by atoms with van der Waals surface area (Å²) < 4.78 is 1.72. The van der Waals surface area contributed by atoms with Crippen LogP contribution in [0, 0.1) is 6.92 Å². The minimum Gasteiger partial charge on any atom is -0.268 e. The highest BCUT2D eigenvalue weighted by atomic mass is 35.5. The van der Waals surface area contributed by atoms with Gasteiger partial charge in [-0.2, -0.15) is 0 Å². The predicted molar refractivity (Wildman–Crippen MR) is 110 cm³/mol. The van der Waals surface area contributed by atoms with E-state index in [1.807, 2.05) is 24.3 Å². The van der Waals surface area contributed by atoms with E-state index in [0.29, 0.717) is 5.02 Å². The highest BCUT2D eigenvalue weighted by Gasteiger charge is 2.22. The van der Waals surface area contributed by atoms with Crippen molar-refractivity contribution in [3.63, 3.8) is 0 Å². The molecule has 2 heterocycles. The molecule has 6 heteroatoms. The van der Waals surface area contributed by atoms with E-state index in [2.05, 4.69) is 19.1 Å². The van der Waals surface area contributed by atoms with Crippen molar-refractivity contribution in [2.75, 3.05) is 5.75 Å². The van der Waals surface area contributed by atoms with Crippen LogP contribution in [0.25, 0.3) is 5.69 Å². The zero-order valence-electron chi connectivity index (χ0n) is 14.2. The molecule has 132 valence electrons. The second-order valence-corrected chi connectivity index (χ2v) is 8.58. The Morgan fingerprint density at radius 3 is 2.73 bits per heavy atom. The van der Waals surface area contributed by atoms with Gasteiger partial charge in [0.1, 0.15) is 0 Å². The van der Waals surface area contributed by atoms with Gasteiger partial charge >= 0.3 is 0 Å². The number of aryl methyl sites for hydroxylation is 2. The van der Waals surface area contributed by atoms with Crippen LogP contribution in [0.15, 0.2) is 63.4 Å². The molecule has 1 aromatic heterocycles. The zero-order chi connectivity index (χ0) is 18.1. The average molecular weight is 401 g/mol. The number of fused-ring (bicyclic) bond motifs is 1. The SMILES string of the molecule is Cc1ccccc1CSc1nc2c(c(=O)n1-c1ccc(Cl)cc1)SCC2. The van der Waals surface area contributed by atoms with Crippen molar-refractivity contribution in [1.82, 2.24) is 9.55 Å². The van der Waals surface area contributed by atoms with Gasteiger partial charge in [-0.15, -0.1) is 11.8 Å². The number of benzene rings is 2. The zero-order valence-corrected chi connectivity index (χ0v) is 16.6. The average Bonchev–Trinajstić information content (AvgIpc) is 3.11. The first-order valence-electron chi connectivity index (χ1n) is 8.35. The van der Waals surface area contributed by atoms with Crippen molar-refractivity contribution in [1.29, 1.82) is 0 Å². The summed E-state index contributed by atoms with van der Waals surface area (Å²) in [6, 6.07) is 15.7. The van der Waals surface area contributed by atoms with Gasteiger partial charge in [-0.05, 0) is 42.3 Å². The van der Waals surface area contributed by atoms with Gasteiger partial charge < -0.3 is 0 Å². The molecular formula is C20H17ClN2OS2. The molecule has 4 rings (SSSR count). The van der Waals surface area contributed by atoms with Crippen LogP contribution >= 0.6 is 35.1 Å². The molecule has 0 N–H and O–H groups in total. The van der Waals surface area contributed by atoms with Gasteiger partial charge in [-0.25, -0.2) is 4.98 Å². The Morgan fingerprint density at radius 2 is 1.96 bits per heavy atom. The van der Waals surface area contributed by atoms with E-state index in [-0.39, 0.29) is 5.56 Å². The molecule has 0 aliphatic carbocycles. The molecule has 0 bridgehead atoms. The lowest BCUT2D eigenvalue weighted by Gasteiger charge is -2.14. The van der Waals surface area contributed by atoms with E-state index in [1.165, 1.54) is 11.1 Å². The molecule has 0 radical (unpaired) electrons. The van der Waals surface area contributed by atoms with Gasteiger partial charge in [-0.3, -0.25) is 9.36 Å². The molecular weight excluding hydrogens is 384 g/mol. The second kappa shape index (κ2) is 7.51. The highest BCUT2D eigenvalue weighted by Crippen LogP contribution is 2.31. The molecule has 0 spiro atoms. The summed E-state index contributed by atoms with van der Waals surface area (Å²) in [6.45, 7) is 2.11. The van der Waals surface area contributed by atoms with E-state index < -0.39 is 0 Å². The van der Waals surface area contributed by atoms with Crippen LogP contribution in [0.4, 0.5) is 0 Å². The number of thioether (sulfide) groups is 2. The number of hydrogen-bond acceptors (Lipinski definition) is 4. The fourth-order valence-electron chi connectivity index (χ4n) is 2.92. The lowest BCUT2D eigenvalue weighted by Crippen LogP contribution is -2.23. The molecule has 0 fully saturated rings. The maximum atomic E-state index is 13.1. The summed E-state index contributed by atoms with van der Waals surface area (Å²) in [5, 5.41) is 1.39. The first kappa shape index (κ1) is 17.7. The van der Waals surface area contributed by atoms with Crippen molar-refractivity contribution in [3.8, 4) is 5.69 Å². The third-order valence-electron chi connectivity index (χ3n) is 4.37. The molecule has 1 aliphatic heterocycles. The molecule has 3 aromatic rings. The Hall–Kier alpha value is -1.69. The number of aromatic nitrogens is 2. The monoisotopic (exact) mass is 400 g/mol. The van der Waals surface area contributed by atoms with Crippen molar-refractivity contribution in [2.24, 2.45) is 0 Å². The quantitative estimate of drug-likeness (QED) is 0.449. The summed E-state index contributed by atoms with van der Waals surface area (Å²) in [6.07, 6.45) is 0.856. The maximum Gasteiger partial charge on any atom is 0.272 e. The normalized spacial score (nSPS) is 13.0. The van der Waals surface area contributed by atoms with Crippen LogP contribution in [0.5, 0.6) is 0 Å². The van der Waals surface area contributed by atoms with Crippen LogP contribution in [-0.2, 0) is 12.2 Å². The van der Waals surface area contributed by atoms with Crippen molar-refractivity contribution in [3.05, 3.63) is 80.7 Å². The lowest BCUT2D eigenvalue weighted by atomic mass is 10.1. The first-order chi connectivity index (χ1) is 12.6. The minimum atomic E-state index is 0.0205. The van der Waals surface area contributed by atoms with Crippen LogP contribution in [0.2, 0.25) is 5.02 Å². The van der Waals surface area contributed by atoms with Crippen LogP contribution in [0.1, 0.15) is 16.8 Å². The Balaban J connectivity index is 1.78. The lowest BCUT2D eigenvalue weighted by molar-refractivity contribution is 0.739. The van der Waals surface area contributed by atoms with Gasteiger partial charge in [0.15, 0.2) is 5.16 Å². The summed E-state index contributed by atoms with van der Waals surface area (Å²) in [5.41, 5.74) is 4.25. The van der Waals surface area contributed by atoms with Gasteiger partial charge in [-0.1, -0.05) is 47.6 Å². The molecule has 0 saturated carbocycles. The maximum absolute atomic E-state index is 13.1. The van der Waals surface area contributed by atoms with E-state index in [1.54, 1.807) is 40.2 Å². The van der Waals surface area contributed by atoms with Crippen molar-refractivity contribution < 1.29 is 0 Å². The van der Waals surface area contributed by atoms with E-state index in [4.69, 9.17) is 16.6 Å². The molecule has 1 aliphatic rings. The molecule has 0 saturated heterocycles. The Kier molecular flexibility index (Phi) is 5.11. The Morgan fingerprint density at radius 1 is 1.19 bits per heavy atom. The fraction of sp³-hybridized carbons (Fsp3) is 0.200. The third-order valence-corrected chi connectivity index (χ3v) is 6.72. The third kappa shape index (κ3) is 3.43. The molecule has 3 nitrogen and oxygen atoms in total. The van der Waals surface area contributed by atoms with Gasteiger partial charge in [0.2, 0.25) is 0 Å². The summed E-state index contributed by atoms with van der Waals surface area (Å²) in [7, 11) is 0. The minimum absolute atomic E-state index is 0.0205. The fourth-order valence-corrected chi connectivity index (χ4v) is 5.18. The van der Waals surface area contributed by atoms with E-state index in [9.17, 15) is 4.79 Å². The topological polar surface area (TPSA) is 34.9 Å². The van der Waals surface area contributed by atoms with Gasteiger partial charge in [0.25, 0.3) is 5.56 Å². The number of halogens is 1. The molecule has 0 amide bonds. The summed E-state index contributed by atoms with van der Waals surface area (Å²) in [4.78, 5) is 18.7. The molecule has 0 unspecified atom stereocenters. The summed E-state index contributed by atoms with van der Waals surface area (Å²) in [5.74, 6) is 1.70. The second-order valence-electron chi connectivity index (χ2n) is 6.10. The standard InChI is InChI=1S/C20H17ClN2OS2/c1-13-4-2-3-5-14(13)12-26-20-22-17-10-11-25-18(17)19(24)23(20)16-8-6-15(21)7-9-16/h2-9H,10-12H2,1H3. The Bertz CT molecular complexity index is 1020. The van der Waals surface area contributed by atoms with E-state index in [0.717, 1.165) is 39.4 Å². The molecule has 26 heavy (non-hydrogen) atoms. The highest BCUT2D eigenvalue weighted by molar-refractivity contribution is 7.99. The molecule has 0 atom stereocenters. The molecule has 2 aromatic carbocycles. The summed E-state index contributed by atoms with van der Waals surface area (Å²) >= 11 is 9.22. The van der Waals surface area contributed by atoms with Crippen molar-refractivity contribution >= 4 is 35.1 Å². The number of hydrogen-bond donors (Lipinski definition) is 0. The van der Waals surface area contributed by atoms with Gasteiger partial charge in [0, 0.05) is 22.9 Å². The number of rotatable bonds is 4. The Labute approximate surface area is 165 Å². The predicted octanol–water partition coefficient (Wildman–Crippen LogP) is 5.13. The van der Waals surface area contributed by atoms with Crippen LogP contribution in [0.3, 0.4) is 0 Å². The van der Waals surface area contributed by atoms with Crippen LogP contribution < -0.4 is 5.56 Å².